The van der Waals surface area contributed by atoms with E-state index in [4.69, 9.17) is 27.9 Å². The minimum absolute atomic E-state index is 0.460. The Morgan fingerprint density at radius 3 is 2.62 bits per heavy atom. The largest absolute Gasteiger partial charge is 0.390 e. The molecule has 10 heteroatoms. The molecule has 1 aromatic rings. The van der Waals surface area contributed by atoms with Crippen LogP contribution in [-0.2, 0) is 10.5 Å². The van der Waals surface area contributed by atoms with Crippen molar-refractivity contribution in [2.45, 2.75) is 23.8 Å². The molecule has 8 nitrogen and oxygen atoms in total. The van der Waals surface area contributed by atoms with Gasteiger partial charge in [-0.1, -0.05) is 11.6 Å². The number of ether oxygens (including phenoxy) is 1. The highest BCUT2D eigenvalue weighted by atomic mass is 35.5. The third-order valence-electron chi connectivity index (χ3n) is 3.15. The van der Waals surface area contributed by atoms with E-state index in [0.29, 0.717) is 4.57 Å². The Kier molecular flexibility index (Phi) is 3.69. The molecule has 114 valence electrons. The van der Waals surface area contributed by atoms with Crippen molar-refractivity contribution in [2.75, 3.05) is 6.61 Å². The maximum absolute atomic E-state index is 14.2. The van der Waals surface area contributed by atoms with Crippen molar-refractivity contribution in [3.63, 3.8) is 0 Å². The maximum Gasteiger partial charge on any atom is 0.331 e. The van der Waals surface area contributed by atoms with Crippen LogP contribution in [0.3, 0.4) is 0 Å². The molecule has 1 fully saturated rings. The van der Waals surface area contributed by atoms with E-state index in [1.54, 1.807) is 4.98 Å². The topological polar surface area (TPSA) is 125 Å². The summed E-state index contributed by atoms with van der Waals surface area (Å²) in [5, 5.41) is 28.1. The fourth-order valence-electron chi connectivity index (χ4n) is 2.03. The number of nitrogens with zero attached hydrogens (tertiary/aromatic N) is 1. The lowest BCUT2D eigenvalue weighted by atomic mass is 10.0. The summed E-state index contributed by atoms with van der Waals surface area (Å²) in [5.74, 6) is -1.24. The Hall–Kier alpha value is -1.70. The number of aliphatic hydroxyl groups is 3. The summed E-state index contributed by atoms with van der Waals surface area (Å²) < 4.78 is 19.4. The Balaban J connectivity index is 2.71. The van der Waals surface area contributed by atoms with Crippen LogP contribution in [0.5, 0.6) is 0 Å². The van der Waals surface area contributed by atoms with Gasteiger partial charge in [0, 0.05) is 6.20 Å². The van der Waals surface area contributed by atoms with Gasteiger partial charge in [-0.3, -0.25) is 14.3 Å². The van der Waals surface area contributed by atoms with Gasteiger partial charge in [-0.25, -0.2) is 9.18 Å². The van der Waals surface area contributed by atoms with Crippen LogP contribution >= 0.6 is 11.6 Å². The minimum Gasteiger partial charge on any atom is -0.390 e. The first-order valence-electron chi connectivity index (χ1n) is 5.57. The molecule has 1 aliphatic rings. The third kappa shape index (κ3) is 2.08. The van der Waals surface area contributed by atoms with Gasteiger partial charge in [-0.05, 0) is 5.92 Å². The van der Waals surface area contributed by atoms with Gasteiger partial charge in [0.05, 0.1) is 0 Å². The molecule has 0 aromatic carbocycles. The molecule has 0 aliphatic carbocycles. The Labute approximate surface area is 121 Å². The Bertz CT molecular complexity index is 727. The highest BCUT2D eigenvalue weighted by Gasteiger charge is 2.64. The summed E-state index contributed by atoms with van der Waals surface area (Å²) in [4.78, 5) is 24.8. The minimum atomic E-state index is -3.09. The van der Waals surface area contributed by atoms with Gasteiger partial charge in [0.1, 0.15) is 23.8 Å². The third-order valence-corrected chi connectivity index (χ3v) is 3.42. The standard InChI is InChI=1S/C11H10ClFN2O6/c1-2-11(7(18)6(17)10(13,4-16)21-11)15-3-5(12)8(19)14-9(15)20/h1,3,6-7,16-18H,4H2,(H,14,19,20)/t6-,7+,10+,11+/m0/s1. The maximum atomic E-state index is 14.2. The smallest absolute Gasteiger partial charge is 0.331 e. The summed E-state index contributed by atoms with van der Waals surface area (Å²) in [5.41, 5.74) is -4.55. The molecule has 0 radical (unpaired) electrons. The summed E-state index contributed by atoms with van der Waals surface area (Å²) in [6.45, 7) is -1.32. The van der Waals surface area contributed by atoms with Crippen molar-refractivity contribution in [1.29, 1.82) is 0 Å². The molecule has 0 bridgehead atoms. The Morgan fingerprint density at radius 2 is 2.14 bits per heavy atom. The second kappa shape index (κ2) is 4.94. The highest BCUT2D eigenvalue weighted by molar-refractivity contribution is 6.30. The summed E-state index contributed by atoms with van der Waals surface area (Å²) in [6, 6.07) is 0. The van der Waals surface area contributed by atoms with E-state index in [2.05, 4.69) is 0 Å². The first-order valence-corrected chi connectivity index (χ1v) is 5.95. The number of aromatic nitrogens is 2. The summed E-state index contributed by atoms with van der Waals surface area (Å²) in [7, 11) is 0. The van der Waals surface area contributed by atoms with Crippen LogP contribution < -0.4 is 11.2 Å². The number of alkyl halides is 1. The van der Waals surface area contributed by atoms with Gasteiger partial charge in [0.25, 0.3) is 11.4 Å². The van der Waals surface area contributed by atoms with E-state index in [9.17, 15) is 24.2 Å². The number of H-pyrrole nitrogens is 1. The molecule has 0 amide bonds. The zero-order valence-electron chi connectivity index (χ0n) is 10.3. The van der Waals surface area contributed by atoms with Gasteiger partial charge >= 0.3 is 5.69 Å². The zero-order valence-corrected chi connectivity index (χ0v) is 11.0. The van der Waals surface area contributed by atoms with Gasteiger partial charge in [-0.15, -0.1) is 6.42 Å². The van der Waals surface area contributed by atoms with Gasteiger partial charge in [-0.2, -0.15) is 0 Å². The fourth-order valence-corrected chi connectivity index (χ4v) is 2.17. The van der Waals surface area contributed by atoms with E-state index >= 15 is 0 Å². The van der Waals surface area contributed by atoms with Crippen LogP contribution in [-0.4, -0.2) is 49.5 Å². The normalized spacial score (nSPS) is 35.6. The second-order valence-electron chi connectivity index (χ2n) is 4.38. The van der Waals surface area contributed by atoms with Crippen LogP contribution in [0.15, 0.2) is 15.8 Å². The first kappa shape index (κ1) is 15.7. The number of aromatic amines is 1. The molecular weight excluding hydrogens is 311 g/mol. The van der Waals surface area contributed by atoms with E-state index < -0.39 is 46.7 Å². The number of aliphatic hydroxyl groups excluding tert-OH is 3. The van der Waals surface area contributed by atoms with Crippen molar-refractivity contribution in [3.05, 3.63) is 32.1 Å². The first-order chi connectivity index (χ1) is 9.71. The van der Waals surface area contributed by atoms with Crippen molar-refractivity contribution < 1.29 is 24.4 Å². The van der Waals surface area contributed by atoms with Crippen molar-refractivity contribution in [3.8, 4) is 12.3 Å². The van der Waals surface area contributed by atoms with E-state index in [0.717, 1.165) is 6.20 Å². The van der Waals surface area contributed by atoms with Crippen LogP contribution in [0, 0.1) is 12.3 Å². The lowest BCUT2D eigenvalue weighted by Gasteiger charge is -2.28. The molecule has 2 rings (SSSR count). The number of nitrogens with one attached hydrogen (secondary N) is 1. The molecule has 1 aliphatic heterocycles. The molecule has 21 heavy (non-hydrogen) atoms. The van der Waals surface area contributed by atoms with Crippen LogP contribution in [0.2, 0.25) is 5.02 Å². The van der Waals surface area contributed by atoms with Crippen LogP contribution in [0.25, 0.3) is 0 Å². The number of rotatable bonds is 2. The van der Waals surface area contributed by atoms with Crippen molar-refractivity contribution >= 4 is 11.6 Å². The lowest BCUT2D eigenvalue weighted by Crippen LogP contribution is -2.50. The fraction of sp³-hybridized carbons (Fsp3) is 0.455. The van der Waals surface area contributed by atoms with Crippen LogP contribution in [0.1, 0.15) is 0 Å². The predicted molar refractivity (Wildman–Crippen MR) is 67.2 cm³/mol. The number of hydrogen-bond donors (Lipinski definition) is 4. The summed E-state index contributed by atoms with van der Waals surface area (Å²) >= 11 is 5.56. The molecule has 1 aromatic heterocycles. The summed E-state index contributed by atoms with van der Waals surface area (Å²) in [6.07, 6.45) is 1.61. The van der Waals surface area contributed by atoms with E-state index in [1.165, 1.54) is 0 Å². The number of halogens is 2. The number of terminal acetylenes is 1. The van der Waals surface area contributed by atoms with Crippen molar-refractivity contribution in [2.24, 2.45) is 0 Å². The second-order valence-corrected chi connectivity index (χ2v) is 4.79. The highest BCUT2D eigenvalue weighted by Crippen LogP contribution is 2.41. The lowest BCUT2D eigenvalue weighted by molar-refractivity contribution is -0.227. The number of hydrogen-bond acceptors (Lipinski definition) is 6. The SMILES string of the molecule is C#C[C@@]1(n2cc(Cl)c(=O)[nH]c2=O)O[C@](F)(CO)[C@@H](O)[C@H]1O. The molecular formula is C11H10ClFN2O6. The monoisotopic (exact) mass is 320 g/mol. The zero-order chi connectivity index (χ0) is 16.0. The van der Waals surface area contributed by atoms with E-state index in [1.807, 2.05) is 5.92 Å². The quantitative estimate of drug-likeness (QED) is 0.462. The molecule has 0 unspecified atom stereocenters. The molecule has 4 N–H and O–H groups in total. The van der Waals surface area contributed by atoms with Crippen LogP contribution in [0.4, 0.5) is 4.39 Å². The van der Waals surface area contributed by atoms with E-state index in [-0.39, 0.29) is 0 Å². The van der Waals surface area contributed by atoms with Crippen molar-refractivity contribution in [1.82, 2.24) is 9.55 Å². The van der Waals surface area contributed by atoms with Gasteiger partial charge in [0.2, 0.25) is 5.72 Å². The molecule has 4 atom stereocenters. The molecule has 0 saturated carbocycles. The van der Waals surface area contributed by atoms with Gasteiger partial charge in [0.15, 0.2) is 0 Å². The molecule has 1 saturated heterocycles. The van der Waals surface area contributed by atoms with Gasteiger partial charge < -0.3 is 20.1 Å². The average molecular weight is 321 g/mol. The molecule has 0 spiro atoms. The molecule has 2 heterocycles. The average Bonchev–Trinajstić information content (AvgIpc) is 2.65. The predicted octanol–water partition coefficient (Wildman–Crippen LogP) is -2.11. The Morgan fingerprint density at radius 1 is 1.52 bits per heavy atom.